The van der Waals surface area contributed by atoms with Crippen LogP contribution >= 0.6 is 0 Å². The first kappa shape index (κ1) is 15.6. The van der Waals surface area contributed by atoms with Crippen LogP contribution in [0.25, 0.3) is 6.08 Å². The fourth-order valence-corrected chi connectivity index (χ4v) is 1.83. The van der Waals surface area contributed by atoms with E-state index in [-0.39, 0.29) is 0 Å². The van der Waals surface area contributed by atoms with Crippen LogP contribution in [0.1, 0.15) is 26.3 Å². The second-order valence-corrected chi connectivity index (χ2v) is 4.76. The standard InChI is InChI=1S/C16H25NO2/c1-6-17-11-14(12(2)3)9-13-7-8-15(18-4)10-16(13)19-5/h7-10,12,17H,6,11H2,1-5H3. The molecule has 0 atom stereocenters. The van der Waals surface area contributed by atoms with Crippen LogP contribution in [0.5, 0.6) is 11.5 Å². The van der Waals surface area contributed by atoms with Crippen molar-refractivity contribution in [1.29, 1.82) is 0 Å². The van der Waals surface area contributed by atoms with Gasteiger partial charge >= 0.3 is 0 Å². The van der Waals surface area contributed by atoms with Gasteiger partial charge in [0.15, 0.2) is 0 Å². The lowest BCUT2D eigenvalue weighted by atomic mass is 9.99. The lowest BCUT2D eigenvalue weighted by molar-refractivity contribution is 0.393. The van der Waals surface area contributed by atoms with Gasteiger partial charge in [-0.3, -0.25) is 0 Å². The van der Waals surface area contributed by atoms with Crippen LogP contribution in [-0.2, 0) is 0 Å². The Bertz CT molecular complexity index is 425. The molecule has 0 bridgehead atoms. The molecule has 0 aliphatic heterocycles. The first-order valence-electron chi connectivity index (χ1n) is 6.75. The van der Waals surface area contributed by atoms with Crippen molar-refractivity contribution < 1.29 is 9.47 Å². The summed E-state index contributed by atoms with van der Waals surface area (Å²) in [4.78, 5) is 0. The van der Waals surface area contributed by atoms with E-state index in [4.69, 9.17) is 9.47 Å². The molecular formula is C16H25NO2. The van der Waals surface area contributed by atoms with Gasteiger partial charge in [-0.05, 0) is 24.6 Å². The van der Waals surface area contributed by atoms with Gasteiger partial charge in [-0.25, -0.2) is 0 Å². The molecule has 0 aliphatic rings. The number of rotatable bonds is 7. The third kappa shape index (κ3) is 4.60. The largest absolute Gasteiger partial charge is 0.497 e. The van der Waals surface area contributed by atoms with Crippen LogP contribution in [0.4, 0.5) is 0 Å². The summed E-state index contributed by atoms with van der Waals surface area (Å²) in [5.41, 5.74) is 2.45. The van der Waals surface area contributed by atoms with Gasteiger partial charge in [0.2, 0.25) is 0 Å². The summed E-state index contributed by atoms with van der Waals surface area (Å²) < 4.78 is 10.6. The molecule has 0 aromatic heterocycles. The quantitative estimate of drug-likeness (QED) is 0.818. The van der Waals surface area contributed by atoms with Crippen molar-refractivity contribution in [3.05, 3.63) is 29.3 Å². The average molecular weight is 263 g/mol. The number of benzene rings is 1. The Morgan fingerprint density at radius 1 is 1.26 bits per heavy atom. The molecule has 3 nitrogen and oxygen atoms in total. The summed E-state index contributed by atoms with van der Waals surface area (Å²) >= 11 is 0. The van der Waals surface area contributed by atoms with Crippen LogP contribution in [0, 0.1) is 5.92 Å². The monoisotopic (exact) mass is 263 g/mol. The van der Waals surface area contributed by atoms with Gasteiger partial charge in [-0.15, -0.1) is 0 Å². The highest BCUT2D eigenvalue weighted by Gasteiger charge is 2.07. The predicted molar refractivity (Wildman–Crippen MR) is 80.9 cm³/mol. The predicted octanol–water partition coefficient (Wildman–Crippen LogP) is 3.35. The van der Waals surface area contributed by atoms with Crippen molar-refractivity contribution in [2.45, 2.75) is 20.8 Å². The van der Waals surface area contributed by atoms with Gasteiger partial charge in [0.25, 0.3) is 0 Å². The molecule has 0 amide bonds. The third-order valence-electron chi connectivity index (χ3n) is 3.10. The van der Waals surface area contributed by atoms with Gasteiger partial charge in [0.05, 0.1) is 14.2 Å². The summed E-state index contributed by atoms with van der Waals surface area (Å²) in [6.07, 6.45) is 2.20. The maximum Gasteiger partial charge on any atom is 0.129 e. The molecule has 3 heteroatoms. The molecule has 19 heavy (non-hydrogen) atoms. The molecule has 0 unspecified atom stereocenters. The van der Waals surface area contributed by atoms with Crippen molar-refractivity contribution in [2.24, 2.45) is 5.92 Å². The van der Waals surface area contributed by atoms with E-state index in [0.29, 0.717) is 5.92 Å². The highest BCUT2D eigenvalue weighted by Crippen LogP contribution is 2.27. The Balaban J connectivity index is 3.05. The van der Waals surface area contributed by atoms with Gasteiger partial charge < -0.3 is 14.8 Å². The summed E-state index contributed by atoms with van der Waals surface area (Å²) in [6.45, 7) is 8.41. The highest BCUT2D eigenvalue weighted by molar-refractivity contribution is 5.62. The fraction of sp³-hybridized carbons (Fsp3) is 0.500. The third-order valence-corrected chi connectivity index (χ3v) is 3.10. The smallest absolute Gasteiger partial charge is 0.129 e. The molecule has 106 valence electrons. The summed E-state index contributed by atoms with van der Waals surface area (Å²) in [7, 11) is 3.35. The van der Waals surface area contributed by atoms with E-state index in [1.54, 1.807) is 14.2 Å². The Morgan fingerprint density at radius 2 is 2.00 bits per heavy atom. The van der Waals surface area contributed by atoms with E-state index in [1.807, 2.05) is 18.2 Å². The Labute approximate surface area is 116 Å². The number of hydrogen-bond acceptors (Lipinski definition) is 3. The van der Waals surface area contributed by atoms with E-state index in [2.05, 4.69) is 32.2 Å². The number of methoxy groups -OCH3 is 2. The van der Waals surface area contributed by atoms with Gasteiger partial charge in [-0.1, -0.05) is 32.4 Å². The van der Waals surface area contributed by atoms with Gasteiger partial charge in [0.1, 0.15) is 11.5 Å². The molecule has 0 saturated carbocycles. The number of nitrogens with one attached hydrogen (secondary N) is 1. The molecular weight excluding hydrogens is 238 g/mol. The molecule has 1 aromatic rings. The molecule has 0 fully saturated rings. The zero-order valence-corrected chi connectivity index (χ0v) is 12.6. The average Bonchev–Trinajstić information content (AvgIpc) is 2.43. The normalized spacial score (nSPS) is 11.8. The van der Waals surface area contributed by atoms with E-state index < -0.39 is 0 Å². The van der Waals surface area contributed by atoms with Crippen molar-refractivity contribution >= 4 is 6.08 Å². The second kappa shape index (κ2) is 7.85. The number of likely N-dealkylation sites (N-methyl/N-ethyl adjacent to an activating group) is 1. The van der Waals surface area contributed by atoms with Crippen LogP contribution < -0.4 is 14.8 Å². The van der Waals surface area contributed by atoms with Crippen molar-refractivity contribution in [2.75, 3.05) is 27.3 Å². The van der Waals surface area contributed by atoms with Crippen LogP contribution in [-0.4, -0.2) is 27.3 Å². The topological polar surface area (TPSA) is 30.5 Å². The summed E-state index contributed by atoms with van der Waals surface area (Å²) in [5.74, 6) is 2.16. The number of hydrogen-bond donors (Lipinski definition) is 1. The minimum Gasteiger partial charge on any atom is -0.497 e. The summed E-state index contributed by atoms with van der Waals surface area (Å²) in [5, 5.41) is 3.38. The lowest BCUT2D eigenvalue weighted by Crippen LogP contribution is -2.18. The second-order valence-electron chi connectivity index (χ2n) is 4.76. The van der Waals surface area contributed by atoms with Gasteiger partial charge in [-0.2, -0.15) is 0 Å². The lowest BCUT2D eigenvalue weighted by Gasteiger charge is -2.14. The van der Waals surface area contributed by atoms with E-state index in [1.165, 1.54) is 5.57 Å². The Hall–Kier alpha value is -1.48. The maximum absolute atomic E-state index is 5.43. The van der Waals surface area contributed by atoms with Crippen LogP contribution in [0.3, 0.4) is 0 Å². The highest BCUT2D eigenvalue weighted by atomic mass is 16.5. The molecule has 0 radical (unpaired) electrons. The zero-order valence-electron chi connectivity index (χ0n) is 12.6. The number of ether oxygens (including phenoxy) is 2. The minimum absolute atomic E-state index is 0.505. The van der Waals surface area contributed by atoms with Crippen molar-refractivity contribution in [3.8, 4) is 11.5 Å². The van der Waals surface area contributed by atoms with Crippen molar-refractivity contribution in [3.63, 3.8) is 0 Å². The molecule has 0 aliphatic carbocycles. The molecule has 1 rings (SSSR count). The minimum atomic E-state index is 0.505. The van der Waals surface area contributed by atoms with E-state index in [9.17, 15) is 0 Å². The first-order valence-corrected chi connectivity index (χ1v) is 6.75. The Kier molecular flexibility index (Phi) is 6.43. The maximum atomic E-state index is 5.43. The molecule has 0 spiro atoms. The zero-order chi connectivity index (χ0) is 14.3. The van der Waals surface area contributed by atoms with E-state index >= 15 is 0 Å². The fourth-order valence-electron chi connectivity index (χ4n) is 1.83. The van der Waals surface area contributed by atoms with E-state index in [0.717, 1.165) is 30.2 Å². The van der Waals surface area contributed by atoms with Crippen molar-refractivity contribution in [1.82, 2.24) is 5.32 Å². The van der Waals surface area contributed by atoms with Crippen LogP contribution in [0.15, 0.2) is 23.8 Å². The summed E-state index contributed by atoms with van der Waals surface area (Å²) in [6, 6.07) is 5.91. The van der Waals surface area contributed by atoms with Gasteiger partial charge in [0, 0.05) is 18.2 Å². The molecule has 1 aromatic carbocycles. The molecule has 1 N–H and O–H groups in total. The Morgan fingerprint density at radius 3 is 2.53 bits per heavy atom. The SMILES string of the molecule is CCNCC(=Cc1ccc(OC)cc1OC)C(C)C. The van der Waals surface area contributed by atoms with Crippen LogP contribution in [0.2, 0.25) is 0 Å². The first-order chi connectivity index (χ1) is 9.12. The molecule has 0 heterocycles. The molecule has 0 saturated heterocycles.